The quantitative estimate of drug-likeness (QED) is 0.852. The van der Waals surface area contributed by atoms with Crippen molar-refractivity contribution in [1.29, 1.82) is 0 Å². The van der Waals surface area contributed by atoms with Crippen LogP contribution in [-0.4, -0.2) is 48.2 Å². The number of amides is 1. The summed E-state index contributed by atoms with van der Waals surface area (Å²) in [6.45, 7) is 7.05. The van der Waals surface area contributed by atoms with Crippen molar-refractivity contribution >= 4 is 17.5 Å². The molecule has 1 heterocycles. The Kier molecular flexibility index (Phi) is 4.89. The van der Waals surface area contributed by atoms with E-state index in [-0.39, 0.29) is 17.6 Å². The molecule has 24 heavy (non-hydrogen) atoms. The van der Waals surface area contributed by atoms with Crippen LogP contribution in [0.15, 0.2) is 24.3 Å². The summed E-state index contributed by atoms with van der Waals surface area (Å²) in [6, 6.07) is 7.91. The molecule has 1 saturated heterocycles. The number of morpholine rings is 1. The molecule has 1 aliphatic carbocycles. The predicted octanol–water partition coefficient (Wildman–Crippen LogP) is 2.10. The van der Waals surface area contributed by atoms with Crippen molar-refractivity contribution in [2.24, 2.45) is 5.73 Å². The second-order valence-corrected chi connectivity index (χ2v) is 7.95. The van der Waals surface area contributed by atoms with Gasteiger partial charge >= 0.3 is 0 Å². The molecule has 1 saturated carbocycles. The zero-order valence-corrected chi connectivity index (χ0v) is 15.1. The van der Waals surface area contributed by atoms with E-state index in [9.17, 15) is 4.79 Å². The summed E-state index contributed by atoms with van der Waals surface area (Å²) in [7, 11) is 0. The molecule has 3 N–H and O–H groups in total. The van der Waals surface area contributed by atoms with Crippen LogP contribution in [0.1, 0.15) is 38.3 Å². The molecular weight excluding hydrogens is 326 g/mol. The number of ether oxygens (including phenoxy) is 1. The van der Waals surface area contributed by atoms with Crippen LogP contribution in [0.25, 0.3) is 0 Å². The molecule has 1 aromatic carbocycles. The fourth-order valence-corrected chi connectivity index (χ4v) is 3.31. The van der Waals surface area contributed by atoms with Crippen LogP contribution in [0, 0.1) is 0 Å². The number of nitrogens with one attached hydrogen (secondary N) is 1. The number of nitrogens with two attached hydrogens (primary N) is 1. The molecule has 0 aromatic heterocycles. The summed E-state index contributed by atoms with van der Waals surface area (Å²) in [5.41, 5.74) is 6.29. The average molecular weight is 352 g/mol. The molecule has 1 aliphatic heterocycles. The molecule has 1 amide bonds. The number of nitrogens with zero attached hydrogens (tertiary/aromatic N) is 1. The van der Waals surface area contributed by atoms with E-state index in [1.165, 1.54) is 0 Å². The average Bonchev–Trinajstić information content (AvgIpc) is 3.27. The van der Waals surface area contributed by atoms with Crippen LogP contribution in [0.3, 0.4) is 0 Å². The molecule has 3 rings (SSSR count). The third kappa shape index (κ3) is 4.09. The van der Waals surface area contributed by atoms with Crippen molar-refractivity contribution in [2.45, 2.75) is 43.9 Å². The van der Waals surface area contributed by atoms with Gasteiger partial charge in [-0.15, -0.1) is 0 Å². The highest BCUT2D eigenvalue weighted by Crippen LogP contribution is 2.33. The Morgan fingerprint density at radius 1 is 1.38 bits per heavy atom. The van der Waals surface area contributed by atoms with E-state index in [1.807, 2.05) is 24.3 Å². The number of hydrogen-bond donors (Lipinski definition) is 2. The van der Waals surface area contributed by atoms with Crippen molar-refractivity contribution in [1.82, 2.24) is 10.2 Å². The van der Waals surface area contributed by atoms with Gasteiger partial charge in [0.05, 0.1) is 23.8 Å². The monoisotopic (exact) mass is 351 g/mol. The molecule has 2 aliphatic rings. The van der Waals surface area contributed by atoms with Crippen LogP contribution in [-0.2, 0) is 9.53 Å². The van der Waals surface area contributed by atoms with Gasteiger partial charge in [0.15, 0.2) is 0 Å². The highest BCUT2D eigenvalue weighted by molar-refractivity contribution is 6.30. The third-order valence-corrected chi connectivity index (χ3v) is 5.10. The molecule has 6 heteroatoms. The number of rotatable bonds is 5. The minimum atomic E-state index is -0.644. The zero-order chi connectivity index (χ0) is 17.4. The van der Waals surface area contributed by atoms with Gasteiger partial charge in [-0.05, 0) is 44.4 Å². The highest BCUT2D eigenvalue weighted by atomic mass is 35.5. The van der Waals surface area contributed by atoms with E-state index in [1.54, 1.807) is 0 Å². The van der Waals surface area contributed by atoms with E-state index in [2.05, 4.69) is 24.1 Å². The van der Waals surface area contributed by atoms with E-state index < -0.39 is 5.54 Å². The van der Waals surface area contributed by atoms with Gasteiger partial charge in [0.25, 0.3) is 0 Å². The van der Waals surface area contributed by atoms with Crippen LogP contribution in [0.5, 0.6) is 0 Å². The maximum Gasteiger partial charge on any atom is 0.240 e. The smallest absolute Gasteiger partial charge is 0.240 e. The lowest BCUT2D eigenvalue weighted by Gasteiger charge is -2.42. The first kappa shape index (κ1) is 17.7. The Bertz CT molecular complexity index is 599. The van der Waals surface area contributed by atoms with Gasteiger partial charge in [-0.25, -0.2) is 0 Å². The predicted molar refractivity (Wildman–Crippen MR) is 95.0 cm³/mol. The first-order valence-corrected chi connectivity index (χ1v) is 8.88. The van der Waals surface area contributed by atoms with Gasteiger partial charge in [0, 0.05) is 24.7 Å². The Labute approximate surface area is 148 Å². The largest absolute Gasteiger partial charge is 0.373 e. The Hall–Kier alpha value is -1.14. The molecule has 5 nitrogen and oxygen atoms in total. The molecule has 0 radical (unpaired) electrons. The highest BCUT2D eigenvalue weighted by Gasteiger charge is 2.46. The zero-order valence-electron chi connectivity index (χ0n) is 14.3. The van der Waals surface area contributed by atoms with Crippen molar-refractivity contribution in [2.75, 3.05) is 26.2 Å². The van der Waals surface area contributed by atoms with Crippen molar-refractivity contribution in [3.05, 3.63) is 34.9 Å². The van der Waals surface area contributed by atoms with Crippen LogP contribution in [0.2, 0.25) is 5.02 Å². The molecule has 132 valence electrons. The van der Waals surface area contributed by atoms with Crippen molar-refractivity contribution in [3.63, 3.8) is 0 Å². The topological polar surface area (TPSA) is 67.6 Å². The summed E-state index contributed by atoms with van der Waals surface area (Å²) in [5.74, 6) is -0.0472. The lowest BCUT2D eigenvalue weighted by Crippen LogP contribution is -2.52. The maximum atomic E-state index is 12.2. The number of carbonyl (C=O) groups excluding carboxylic acids is 1. The number of hydrogen-bond acceptors (Lipinski definition) is 4. The van der Waals surface area contributed by atoms with Gasteiger partial charge in [-0.3, -0.25) is 9.69 Å². The molecule has 1 atom stereocenters. The van der Waals surface area contributed by atoms with E-state index >= 15 is 0 Å². The summed E-state index contributed by atoms with van der Waals surface area (Å²) >= 11 is 6.02. The molecule has 1 unspecified atom stereocenters. The Morgan fingerprint density at radius 2 is 2.04 bits per heavy atom. The van der Waals surface area contributed by atoms with Crippen LogP contribution >= 0.6 is 11.6 Å². The Morgan fingerprint density at radius 3 is 2.62 bits per heavy atom. The van der Waals surface area contributed by atoms with Crippen molar-refractivity contribution < 1.29 is 9.53 Å². The molecule has 0 bridgehead atoms. The molecule has 2 fully saturated rings. The number of halogens is 1. The standard InChI is InChI=1S/C18H26ClN3O2/c1-17(2)12-22(9-10-24-17)15(13-3-5-14(19)6-4-13)11-21-16(23)18(20)7-8-18/h3-6,15H,7-12,20H2,1-2H3,(H,21,23). The van der Waals surface area contributed by atoms with Crippen molar-refractivity contribution in [3.8, 4) is 0 Å². The Balaban J connectivity index is 1.75. The lowest BCUT2D eigenvalue weighted by atomic mass is 10.0. The second kappa shape index (κ2) is 6.64. The van der Waals surface area contributed by atoms with E-state index in [0.29, 0.717) is 18.2 Å². The van der Waals surface area contributed by atoms with Crippen LogP contribution < -0.4 is 11.1 Å². The van der Waals surface area contributed by atoms with Gasteiger partial charge in [0.1, 0.15) is 0 Å². The first-order valence-electron chi connectivity index (χ1n) is 8.50. The number of carbonyl (C=O) groups is 1. The summed E-state index contributed by atoms with van der Waals surface area (Å²) in [5, 5.41) is 3.75. The van der Waals surface area contributed by atoms with E-state index in [4.69, 9.17) is 22.1 Å². The van der Waals surface area contributed by atoms with E-state index in [0.717, 1.165) is 31.5 Å². The van der Waals surface area contributed by atoms with Gasteiger partial charge in [-0.1, -0.05) is 23.7 Å². The third-order valence-electron chi connectivity index (χ3n) is 4.85. The van der Waals surface area contributed by atoms with Gasteiger partial charge in [-0.2, -0.15) is 0 Å². The molecule has 0 spiro atoms. The summed E-state index contributed by atoms with van der Waals surface area (Å²) in [6.07, 6.45) is 1.55. The van der Waals surface area contributed by atoms with Gasteiger partial charge in [0.2, 0.25) is 5.91 Å². The lowest BCUT2D eigenvalue weighted by molar-refractivity contribution is -0.124. The SMILES string of the molecule is CC1(C)CN(C(CNC(=O)C2(N)CC2)c2ccc(Cl)cc2)CCO1. The van der Waals surface area contributed by atoms with Crippen LogP contribution in [0.4, 0.5) is 0 Å². The minimum absolute atomic E-state index is 0.0472. The second-order valence-electron chi connectivity index (χ2n) is 7.51. The fourth-order valence-electron chi connectivity index (χ4n) is 3.19. The molecular formula is C18H26ClN3O2. The first-order chi connectivity index (χ1) is 11.3. The number of benzene rings is 1. The minimum Gasteiger partial charge on any atom is -0.373 e. The normalized spacial score (nSPS) is 23.5. The summed E-state index contributed by atoms with van der Waals surface area (Å²) < 4.78 is 5.82. The van der Waals surface area contributed by atoms with Gasteiger partial charge < -0.3 is 15.8 Å². The molecule has 1 aromatic rings. The summed E-state index contributed by atoms with van der Waals surface area (Å²) in [4.78, 5) is 14.6. The maximum absolute atomic E-state index is 12.2. The fraction of sp³-hybridized carbons (Fsp3) is 0.611.